The molecule has 0 amide bonds. The first-order valence-electron chi connectivity index (χ1n) is 2.22. The van der Waals surface area contributed by atoms with Crippen LogP contribution in [0.2, 0.25) is 0 Å². The van der Waals surface area contributed by atoms with Gasteiger partial charge in [0.1, 0.15) is 0 Å². The second-order valence-corrected chi connectivity index (χ2v) is 2.60. The summed E-state index contributed by atoms with van der Waals surface area (Å²) in [5.74, 6) is 0. The van der Waals surface area contributed by atoms with Crippen LogP contribution in [0.5, 0.6) is 0 Å². The van der Waals surface area contributed by atoms with Crippen molar-refractivity contribution >= 4 is 15.9 Å². The van der Waals surface area contributed by atoms with Crippen LogP contribution < -0.4 is 5.32 Å². The molecule has 0 bridgehead atoms. The summed E-state index contributed by atoms with van der Waals surface area (Å²) >= 11 is 3.41. The highest BCUT2D eigenvalue weighted by Gasteiger charge is 2.15. The summed E-state index contributed by atoms with van der Waals surface area (Å²) in [5, 5.41) is 3.08. The topological polar surface area (TPSA) is 15.3 Å². The molecule has 1 rings (SSSR count). The Balaban J connectivity index is 2.33. The Labute approximate surface area is 52.0 Å². The van der Waals surface area contributed by atoms with E-state index in [1.165, 1.54) is 0 Å². The maximum Gasteiger partial charge on any atom is 0.0835 e. The predicted molar refractivity (Wildman–Crippen MR) is 32.8 cm³/mol. The fraction of sp³-hybridized carbons (Fsp3) is 0.750. The number of alkyl halides is 1. The Bertz CT molecular complexity index is 58.7. The highest BCUT2D eigenvalue weighted by molar-refractivity contribution is 9.09. The molecule has 0 aromatic rings. The van der Waals surface area contributed by atoms with Crippen molar-refractivity contribution in [1.29, 1.82) is 0 Å². The zero-order valence-electron chi connectivity index (χ0n) is 4.19. The Morgan fingerprint density at radius 1 is 2.00 bits per heavy atom. The summed E-state index contributed by atoms with van der Waals surface area (Å²) < 4.78 is 0. The molecule has 1 unspecified atom stereocenters. The summed E-state index contributed by atoms with van der Waals surface area (Å²) in [4.78, 5) is 2.58. The molecule has 1 atom stereocenters. The Morgan fingerprint density at radius 3 is 2.86 bits per heavy atom. The van der Waals surface area contributed by atoms with Crippen LogP contribution in [-0.4, -0.2) is 23.6 Å². The van der Waals surface area contributed by atoms with Crippen molar-refractivity contribution in [3.63, 3.8) is 0 Å². The quantitative estimate of drug-likeness (QED) is 0.410. The monoisotopic (exact) mass is 163 g/mol. The van der Waals surface area contributed by atoms with Crippen LogP contribution in [0.1, 0.15) is 0 Å². The Hall–Kier alpha value is 0.400. The van der Waals surface area contributed by atoms with Gasteiger partial charge in [-0.1, -0.05) is 15.9 Å². The van der Waals surface area contributed by atoms with E-state index in [-0.39, 0.29) is 0 Å². The van der Waals surface area contributed by atoms with Gasteiger partial charge in [0.15, 0.2) is 0 Å². The van der Waals surface area contributed by atoms with Crippen molar-refractivity contribution < 1.29 is 0 Å². The maximum atomic E-state index is 3.41. The average molecular weight is 164 g/mol. The first kappa shape index (κ1) is 5.54. The molecule has 1 radical (unpaired) electrons. The molecule has 0 aliphatic carbocycles. The van der Waals surface area contributed by atoms with E-state index in [2.05, 4.69) is 33.2 Å². The number of nitrogens with one attached hydrogen (secondary N) is 1. The highest BCUT2D eigenvalue weighted by atomic mass is 79.9. The molecule has 3 heteroatoms. The van der Waals surface area contributed by atoms with E-state index in [1.54, 1.807) is 0 Å². The van der Waals surface area contributed by atoms with Crippen molar-refractivity contribution in [2.75, 3.05) is 13.7 Å². The third-order valence-electron chi connectivity index (χ3n) is 1.02. The van der Waals surface area contributed by atoms with Crippen LogP contribution >= 0.6 is 15.9 Å². The Kier molecular flexibility index (Phi) is 1.67. The van der Waals surface area contributed by atoms with E-state index in [4.69, 9.17) is 0 Å². The van der Waals surface area contributed by atoms with Crippen molar-refractivity contribution in [2.24, 2.45) is 0 Å². The van der Waals surface area contributed by atoms with Crippen LogP contribution in [0.15, 0.2) is 0 Å². The van der Waals surface area contributed by atoms with Crippen molar-refractivity contribution in [1.82, 2.24) is 10.2 Å². The van der Waals surface area contributed by atoms with Crippen molar-refractivity contribution in [3.8, 4) is 0 Å². The van der Waals surface area contributed by atoms with E-state index in [9.17, 15) is 0 Å². The number of nitrogens with zero attached hydrogens (tertiary/aromatic N) is 1. The van der Waals surface area contributed by atoms with Crippen LogP contribution in [0.25, 0.3) is 0 Å². The molecule has 1 fully saturated rings. The molecule has 7 heavy (non-hydrogen) atoms. The number of hydrogen-bond acceptors (Lipinski definition) is 2. The molecule has 1 aliphatic heterocycles. The van der Waals surface area contributed by atoms with Gasteiger partial charge in [0.05, 0.1) is 11.5 Å². The van der Waals surface area contributed by atoms with Gasteiger partial charge in [0, 0.05) is 6.67 Å². The fourth-order valence-electron chi connectivity index (χ4n) is 0.508. The van der Waals surface area contributed by atoms with Crippen LogP contribution in [0, 0.1) is 6.54 Å². The molecular weight excluding hydrogens is 156 g/mol. The van der Waals surface area contributed by atoms with Crippen LogP contribution in [-0.2, 0) is 0 Å². The molecule has 1 aliphatic rings. The molecule has 1 saturated heterocycles. The first-order chi connectivity index (χ1) is 3.30. The standard InChI is InChI=1S/C4H8BrN2/c1-7-3-6-2-4(7)5/h2,4,6H,3H2,1H3. The van der Waals surface area contributed by atoms with E-state index < -0.39 is 0 Å². The van der Waals surface area contributed by atoms with Gasteiger partial charge < -0.3 is 0 Å². The average Bonchev–Trinajstić information content (AvgIpc) is 1.91. The lowest BCUT2D eigenvalue weighted by Gasteiger charge is -2.08. The molecule has 2 nitrogen and oxygen atoms in total. The van der Waals surface area contributed by atoms with Crippen LogP contribution in [0.4, 0.5) is 0 Å². The SMILES string of the molecule is CN1CN[CH]C1Br. The van der Waals surface area contributed by atoms with E-state index in [0.29, 0.717) is 4.95 Å². The minimum Gasteiger partial charge on any atom is -0.297 e. The lowest BCUT2D eigenvalue weighted by molar-refractivity contribution is 0.396. The highest BCUT2D eigenvalue weighted by Crippen LogP contribution is 2.10. The molecular formula is C4H8BrN2. The van der Waals surface area contributed by atoms with Gasteiger partial charge in [-0.15, -0.1) is 0 Å². The molecule has 0 aromatic carbocycles. The third kappa shape index (κ3) is 1.15. The first-order valence-corrected chi connectivity index (χ1v) is 3.13. The number of likely N-dealkylation sites (N-methyl/N-ethyl adjacent to an activating group) is 1. The van der Waals surface area contributed by atoms with E-state index >= 15 is 0 Å². The second-order valence-electron chi connectivity index (χ2n) is 1.66. The summed E-state index contributed by atoms with van der Waals surface area (Å²) in [7, 11) is 2.05. The Morgan fingerprint density at radius 2 is 2.71 bits per heavy atom. The predicted octanol–water partition coefficient (Wildman–Crippen LogP) is 0.362. The summed E-state index contributed by atoms with van der Waals surface area (Å²) in [6.45, 7) is 2.97. The molecule has 0 spiro atoms. The summed E-state index contributed by atoms with van der Waals surface area (Å²) in [6.07, 6.45) is 0. The number of halogens is 1. The van der Waals surface area contributed by atoms with Gasteiger partial charge in [-0.3, -0.25) is 10.2 Å². The van der Waals surface area contributed by atoms with Gasteiger partial charge in [0.25, 0.3) is 0 Å². The largest absolute Gasteiger partial charge is 0.297 e. The van der Waals surface area contributed by atoms with Crippen molar-refractivity contribution in [2.45, 2.75) is 4.95 Å². The van der Waals surface area contributed by atoms with Gasteiger partial charge in [-0.25, -0.2) is 0 Å². The van der Waals surface area contributed by atoms with Gasteiger partial charge >= 0.3 is 0 Å². The summed E-state index contributed by atoms with van der Waals surface area (Å²) in [6, 6.07) is 0. The molecule has 0 saturated carbocycles. The smallest absolute Gasteiger partial charge is 0.0835 e. The molecule has 1 heterocycles. The van der Waals surface area contributed by atoms with Crippen LogP contribution in [0.3, 0.4) is 0 Å². The van der Waals surface area contributed by atoms with E-state index in [0.717, 1.165) is 6.67 Å². The zero-order chi connectivity index (χ0) is 5.28. The van der Waals surface area contributed by atoms with Gasteiger partial charge in [-0.2, -0.15) is 0 Å². The lowest BCUT2D eigenvalue weighted by Crippen LogP contribution is -2.19. The maximum absolute atomic E-state index is 3.41. The number of rotatable bonds is 0. The molecule has 41 valence electrons. The minimum atomic E-state index is 0.424. The van der Waals surface area contributed by atoms with Crippen molar-refractivity contribution in [3.05, 3.63) is 6.54 Å². The second kappa shape index (κ2) is 2.11. The normalized spacial score (nSPS) is 34.3. The zero-order valence-corrected chi connectivity index (χ0v) is 5.77. The molecule has 0 aromatic heterocycles. The summed E-state index contributed by atoms with van der Waals surface area (Å²) in [5.41, 5.74) is 0. The lowest BCUT2D eigenvalue weighted by atomic mass is 10.7. The fourth-order valence-corrected chi connectivity index (χ4v) is 0.840. The van der Waals surface area contributed by atoms with Gasteiger partial charge in [0.2, 0.25) is 0 Å². The number of hydrogen-bond donors (Lipinski definition) is 1. The van der Waals surface area contributed by atoms with Gasteiger partial charge in [-0.05, 0) is 7.05 Å². The van der Waals surface area contributed by atoms with E-state index in [1.807, 2.05) is 6.54 Å². The minimum absolute atomic E-state index is 0.424. The molecule has 1 N–H and O–H groups in total. The third-order valence-corrected chi connectivity index (χ3v) is 1.98.